The third kappa shape index (κ3) is 1.91. The van der Waals surface area contributed by atoms with E-state index in [1.54, 1.807) is 20.8 Å². The van der Waals surface area contributed by atoms with Gasteiger partial charge in [0.2, 0.25) is 11.9 Å². The minimum Gasteiger partial charge on any atom is -0.459 e. The molecule has 5 unspecified atom stereocenters. The zero-order valence-corrected chi connectivity index (χ0v) is 19.6. The lowest BCUT2D eigenvalue weighted by Crippen LogP contribution is -2.67. The minimum atomic E-state index is -5.30. The summed E-state index contributed by atoms with van der Waals surface area (Å²) in [6.45, 7) is 6.74. The third-order valence-corrected chi connectivity index (χ3v) is 9.70. The quantitative estimate of drug-likeness (QED) is 0.198. The summed E-state index contributed by atoms with van der Waals surface area (Å²) in [5.41, 5.74) is -9.37. The average Bonchev–Trinajstić information content (AvgIpc) is 3.40. The molecule has 0 aromatic rings. The standard InChI is InChI=1S/C20H25O13P/c1-6-12(22)30-10-9(21)18-8-5-7(16(2,3)4)17(18)11(33-34(26,27)28)13(23)31-15(17)32-20(18,14(24)29-8)19(6,10)25/h6-11,15,21,25H,5H2,1-4H3,(H2,26,27,28)/t6-,7+,8?,9+,10?,11+,15+,17?,18?,19-,20?/m1/s1. The molecule has 11 atom stereocenters. The van der Waals surface area contributed by atoms with E-state index in [2.05, 4.69) is 0 Å². The Morgan fingerprint density at radius 1 is 1.09 bits per heavy atom. The summed E-state index contributed by atoms with van der Waals surface area (Å²) in [5, 5.41) is 23.7. The average molecular weight is 504 g/mol. The lowest BCUT2D eigenvalue weighted by Gasteiger charge is -2.48. The topological polar surface area (TPSA) is 195 Å². The SMILES string of the molecule is C[C@@H]1C(=O)OC2[C@H](O)C34C5C[C@@H](C(C)(C)C)C36[C@@H](OC(=O)[C@@H]6OP(=O)(O)O)OC4(C(=O)O5)[C@]21O. The number of esters is 3. The molecule has 2 saturated carbocycles. The molecule has 0 aromatic heterocycles. The van der Waals surface area contributed by atoms with Gasteiger partial charge >= 0.3 is 25.7 Å². The summed E-state index contributed by atoms with van der Waals surface area (Å²) in [5.74, 6) is -5.13. The van der Waals surface area contributed by atoms with E-state index in [9.17, 15) is 38.9 Å². The van der Waals surface area contributed by atoms with Gasteiger partial charge < -0.3 is 38.9 Å². The zero-order valence-electron chi connectivity index (χ0n) is 18.7. The fraction of sp³-hybridized carbons (Fsp3) is 0.850. The fourth-order valence-electron chi connectivity index (χ4n) is 8.36. The van der Waals surface area contributed by atoms with Gasteiger partial charge in [0, 0.05) is 0 Å². The maximum atomic E-state index is 13.5. The maximum Gasteiger partial charge on any atom is 0.470 e. The number of fused-ring (bicyclic) bond motifs is 1. The molecule has 4 N–H and O–H groups in total. The first-order valence-corrected chi connectivity index (χ1v) is 12.5. The van der Waals surface area contributed by atoms with Gasteiger partial charge in [-0.15, -0.1) is 0 Å². The van der Waals surface area contributed by atoms with Crippen LogP contribution in [0.15, 0.2) is 0 Å². The molecule has 2 spiro atoms. The van der Waals surface area contributed by atoms with Gasteiger partial charge in [-0.25, -0.2) is 14.2 Å². The highest BCUT2D eigenvalue weighted by Gasteiger charge is 3.04. The lowest BCUT2D eigenvalue weighted by molar-refractivity contribution is -0.239. The molecule has 0 aromatic carbocycles. The van der Waals surface area contributed by atoms with Crippen molar-refractivity contribution in [3.63, 3.8) is 0 Å². The molecule has 0 amide bonds. The maximum absolute atomic E-state index is 13.5. The van der Waals surface area contributed by atoms with Crippen LogP contribution in [0, 0.1) is 28.1 Å². The van der Waals surface area contributed by atoms with Gasteiger partial charge in [-0.2, -0.15) is 0 Å². The second kappa shape index (κ2) is 5.86. The van der Waals surface area contributed by atoms with E-state index in [1.807, 2.05) is 0 Å². The van der Waals surface area contributed by atoms with Crippen LogP contribution in [0.5, 0.6) is 0 Å². The van der Waals surface area contributed by atoms with E-state index in [-0.39, 0.29) is 6.42 Å². The van der Waals surface area contributed by atoms with Gasteiger partial charge in [-0.3, -0.25) is 9.32 Å². The van der Waals surface area contributed by atoms with Crippen LogP contribution in [-0.4, -0.2) is 79.8 Å². The van der Waals surface area contributed by atoms with Crippen molar-refractivity contribution < 1.29 is 62.4 Å². The van der Waals surface area contributed by atoms with Gasteiger partial charge in [0.15, 0.2) is 17.8 Å². The second-order valence-corrected chi connectivity index (χ2v) is 12.4. The predicted molar refractivity (Wildman–Crippen MR) is 103 cm³/mol. The van der Waals surface area contributed by atoms with Crippen molar-refractivity contribution in [2.45, 2.75) is 76.0 Å². The zero-order chi connectivity index (χ0) is 25.0. The molecule has 6 rings (SSSR count). The van der Waals surface area contributed by atoms with E-state index in [1.165, 1.54) is 6.92 Å². The summed E-state index contributed by atoms with van der Waals surface area (Å²) in [4.78, 5) is 58.3. The Balaban J connectivity index is 1.71. The molecule has 13 nitrogen and oxygen atoms in total. The van der Waals surface area contributed by atoms with Crippen LogP contribution < -0.4 is 0 Å². The number of carbonyl (C=O) groups excluding carboxylic acids is 3. The van der Waals surface area contributed by atoms with Crippen molar-refractivity contribution in [3.05, 3.63) is 0 Å². The van der Waals surface area contributed by atoms with E-state index >= 15 is 0 Å². The van der Waals surface area contributed by atoms with Crippen molar-refractivity contribution in [2.24, 2.45) is 28.1 Å². The van der Waals surface area contributed by atoms with E-state index in [4.69, 9.17) is 23.5 Å². The molecule has 4 aliphatic heterocycles. The first kappa shape index (κ1) is 22.8. The van der Waals surface area contributed by atoms with Crippen LogP contribution in [0.2, 0.25) is 0 Å². The van der Waals surface area contributed by atoms with Gasteiger partial charge in [0.25, 0.3) is 0 Å². The van der Waals surface area contributed by atoms with Crippen LogP contribution in [0.4, 0.5) is 0 Å². The monoisotopic (exact) mass is 504 g/mol. The van der Waals surface area contributed by atoms with E-state index in [0.717, 1.165) is 0 Å². The molecule has 2 aliphatic carbocycles. The molecule has 6 fully saturated rings. The fourth-order valence-corrected chi connectivity index (χ4v) is 8.89. The highest BCUT2D eigenvalue weighted by Crippen LogP contribution is 2.85. The number of carbonyl (C=O) groups is 3. The molecular weight excluding hydrogens is 479 g/mol. The van der Waals surface area contributed by atoms with Gasteiger partial charge in [-0.05, 0) is 24.7 Å². The number of phosphoric ester groups is 1. The van der Waals surface area contributed by atoms with Gasteiger partial charge in [-0.1, -0.05) is 20.8 Å². The smallest absolute Gasteiger partial charge is 0.459 e. The molecule has 6 aliphatic rings. The Labute approximate surface area is 192 Å². The molecule has 188 valence electrons. The Bertz CT molecular complexity index is 1090. The largest absolute Gasteiger partial charge is 0.470 e. The van der Waals surface area contributed by atoms with Gasteiger partial charge in [0.1, 0.15) is 12.2 Å². The van der Waals surface area contributed by atoms with Crippen LogP contribution in [0.3, 0.4) is 0 Å². The second-order valence-electron chi connectivity index (χ2n) is 11.2. The Kier molecular flexibility index (Phi) is 3.93. The summed E-state index contributed by atoms with van der Waals surface area (Å²) in [7, 11) is -5.30. The Morgan fingerprint density at radius 2 is 1.74 bits per heavy atom. The molecule has 0 bridgehead atoms. The van der Waals surface area contributed by atoms with Crippen molar-refractivity contribution in [1.82, 2.24) is 0 Å². The molecule has 0 radical (unpaired) electrons. The number of phosphoric acid groups is 1. The van der Waals surface area contributed by atoms with Crippen LogP contribution >= 0.6 is 7.82 Å². The van der Waals surface area contributed by atoms with E-state index < -0.39 is 95.7 Å². The summed E-state index contributed by atoms with van der Waals surface area (Å²) >= 11 is 0. The normalized spacial score (nSPS) is 54.9. The van der Waals surface area contributed by atoms with Crippen LogP contribution in [0.25, 0.3) is 0 Å². The predicted octanol–water partition coefficient (Wildman–Crippen LogP) is -1.25. The highest BCUT2D eigenvalue weighted by atomic mass is 31.2. The lowest BCUT2D eigenvalue weighted by atomic mass is 9.51. The van der Waals surface area contributed by atoms with Crippen molar-refractivity contribution in [1.29, 1.82) is 0 Å². The van der Waals surface area contributed by atoms with Crippen LogP contribution in [0.1, 0.15) is 34.1 Å². The number of rotatable bonds is 2. The molecule has 34 heavy (non-hydrogen) atoms. The molecule has 4 saturated heterocycles. The number of ether oxygens (including phenoxy) is 4. The first-order chi connectivity index (χ1) is 15.5. The number of hydrogen-bond acceptors (Lipinski definition) is 11. The molecule has 14 heteroatoms. The summed E-state index contributed by atoms with van der Waals surface area (Å²) in [6, 6.07) is 0. The molecule has 4 heterocycles. The van der Waals surface area contributed by atoms with Crippen molar-refractivity contribution in [2.75, 3.05) is 0 Å². The molecular formula is C20H25O13P. The Morgan fingerprint density at radius 3 is 2.32 bits per heavy atom. The third-order valence-electron chi connectivity index (χ3n) is 9.21. The van der Waals surface area contributed by atoms with Crippen molar-refractivity contribution >= 4 is 25.7 Å². The summed E-state index contributed by atoms with van der Waals surface area (Å²) < 4.78 is 39.5. The number of hydrogen-bond donors (Lipinski definition) is 4. The van der Waals surface area contributed by atoms with Crippen LogP contribution in [-0.2, 0) is 42.4 Å². The van der Waals surface area contributed by atoms with Gasteiger partial charge in [0.05, 0.1) is 16.7 Å². The first-order valence-electron chi connectivity index (χ1n) is 11.0. The van der Waals surface area contributed by atoms with E-state index in [0.29, 0.717) is 0 Å². The minimum absolute atomic E-state index is 0.0523. The highest BCUT2D eigenvalue weighted by molar-refractivity contribution is 7.46. The number of aliphatic hydroxyl groups is 2. The van der Waals surface area contributed by atoms with Crippen molar-refractivity contribution in [3.8, 4) is 0 Å². The summed E-state index contributed by atoms with van der Waals surface area (Å²) in [6.07, 6.45) is -8.11. The Hall–Kier alpha value is -1.60. The number of aliphatic hydroxyl groups excluding tert-OH is 1.